The van der Waals surface area contributed by atoms with E-state index in [4.69, 9.17) is 9.47 Å². The first-order valence-corrected chi connectivity index (χ1v) is 15.5. The van der Waals surface area contributed by atoms with Gasteiger partial charge < -0.3 is 9.47 Å². The molecule has 0 aliphatic heterocycles. The summed E-state index contributed by atoms with van der Waals surface area (Å²) in [6, 6.07) is 43.9. The van der Waals surface area contributed by atoms with E-state index in [0.717, 1.165) is 44.3 Å². The normalized spacial score (nSPS) is 12.3. The molecular weight excluding hydrogens is 568 g/mol. The second kappa shape index (κ2) is 13.3. The molecule has 0 unspecified atom stereocenters. The number of benzene rings is 6. The molecule has 0 radical (unpaired) electrons. The Morgan fingerprint density at radius 2 is 0.783 bits per heavy atom. The maximum atomic E-state index is 6.56. The van der Waals surface area contributed by atoms with Crippen LogP contribution in [0.3, 0.4) is 0 Å². The summed E-state index contributed by atoms with van der Waals surface area (Å²) in [5.41, 5.74) is 2.45. The van der Waals surface area contributed by atoms with Crippen LogP contribution >= 0.6 is 0 Å². The van der Waals surface area contributed by atoms with Crippen LogP contribution in [0.25, 0.3) is 21.5 Å². The van der Waals surface area contributed by atoms with Gasteiger partial charge in [0, 0.05) is 21.6 Å². The molecule has 0 saturated heterocycles. The molecule has 0 amide bonds. The second-order valence-electron chi connectivity index (χ2n) is 12.7. The van der Waals surface area contributed by atoms with E-state index in [2.05, 4.69) is 84.6 Å². The summed E-state index contributed by atoms with van der Waals surface area (Å²) in [6.07, 6.45) is 0. The quantitative estimate of drug-likeness (QED) is 0.138. The zero-order valence-corrected chi connectivity index (χ0v) is 26.7. The maximum absolute atomic E-state index is 6.56. The van der Waals surface area contributed by atoms with Gasteiger partial charge in [-0.15, -0.1) is 10.2 Å². The van der Waals surface area contributed by atoms with E-state index in [0.29, 0.717) is 24.7 Å². The van der Waals surface area contributed by atoms with Crippen LogP contribution < -0.4 is 9.47 Å². The summed E-state index contributed by atoms with van der Waals surface area (Å²) in [5.74, 6) is 1.39. The number of nitrogens with zero attached hydrogens (tertiary/aromatic N) is 4. The highest BCUT2D eigenvalue weighted by Gasteiger charge is 2.39. The lowest BCUT2D eigenvalue weighted by Crippen LogP contribution is -2.41. The Kier molecular flexibility index (Phi) is 8.88. The molecule has 6 aromatic carbocycles. The predicted molar refractivity (Wildman–Crippen MR) is 188 cm³/mol. The SMILES string of the molecule is CC(C)(COc1ccc2ccccc2c1N=Nc1ccccc1)C(C)(C)COc1ccc2ccccc2c1N=Nc1ccccc1. The highest BCUT2D eigenvalue weighted by Crippen LogP contribution is 2.44. The van der Waals surface area contributed by atoms with Crippen LogP contribution in [0.2, 0.25) is 0 Å². The van der Waals surface area contributed by atoms with Gasteiger partial charge in [0.1, 0.15) is 22.9 Å². The molecule has 230 valence electrons. The Labute approximate surface area is 270 Å². The van der Waals surface area contributed by atoms with Gasteiger partial charge >= 0.3 is 0 Å². The summed E-state index contributed by atoms with van der Waals surface area (Å²) in [4.78, 5) is 0. The highest BCUT2D eigenvalue weighted by molar-refractivity contribution is 5.96. The molecule has 0 aliphatic carbocycles. The Morgan fingerprint density at radius 3 is 1.20 bits per heavy atom. The molecule has 0 aromatic heterocycles. The first-order valence-electron chi connectivity index (χ1n) is 15.5. The van der Waals surface area contributed by atoms with Gasteiger partial charge in [-0.2, -0.15) is 10.2 Å². The van der Waals surface area contributed by atoms with Crippen molar-refractivity contribution in [2.75, 3.05) is 13.2 Å². The number of hydrogen-bond donors (Lipinski definition) is 0. The molecule has 0 fully saturated rings. The summed E-state index contributed by atoms with van der Waals surface area (Å²) in [7, 11) is 0. The Balaban J connectivity index is 1.23. The van der Waals surface area contributed by atoms with Crippen LogP contribution in [0.5, 0.6) is 11.5 Å². The molecule has 0 atom stereocenters. The summed E-state index contributed by atoms with van der Waals surface area (Å²) in [5, 5.41) is 22.5. The summed E-state index contributed by atoms with van der Waals surface area (Å²) >= 11 is 0. The highest BCUT2D eigenvalue weighted by atomic mass is 16.5. The molecule has 0 heterocycles. The predicted octanol–water partition coefficient (Wildman–Crippen LogP) is 12.3. The maximum Gasteiger partial charge on any atom is 0.147 e. The van der Waals surface area contributed by atoms with Gasteiger partial charge in [-0.05, 0) is 47.2 Å². The molecule has 0 N–H and O–H groups in total. The molecule has 0 bridgehead atoms. The average molecular weight is 607 g/mol. The smallest absolute Gasteiger partial charge is 0.147 e. The van der Waals surface area contributed by atoms with Gasteiger partial charge in [-0.3, -0.25) is 0 Å². The standard InChI is InChI=1S/C40H38N4O2/c1-39(2,27-45-35-25-23-29-15-11-13-21-33(29)37(35)43-41-31-17-7-5-8-18-31)40(3,4)28-46-36-26-24-30-16-12-14-22-34(30)38(36)44-42-32-19-9-6-10-20-32/h5-26H,27-28H2,1-4H3. The zero-order chi connectivity index (χ0) is 32.0. The second-order valence-corrected chi connectivity index (χ2v) is 12.7. The lowest BCUT2D eigenvalue weighted by atomic mass is 9.69. The lowest BCUT2D eigenvalue weighted by Gasteiger charge is -2.41. The largest absolute Gasteiger partial charge is 0.491 e. The van der Waals surface area contributed by atoms with Gasteiger partial charge in [-0.1, -0.05) is 125 Å². The van der Waals surface area contributed by atoms with Crippen LogP contribution in [0.1, 0.15) is 27.7 Å². The van der Waals surface area contributed by atoms with E-state index in [9.17, 15) is 0 Å². The average Bonchev–Trinajstić information content (AvgIpc) is 3.09. The molecule has 6 nitrogen and oxygen atoms in total. The Morgan fingerprint density at radius 1 is 0.413 bits per heavy atom. The Hall–Kier alpha value is -5.36. The van der Waals surface area contributed by atoms with Crippen molar-refractivity contribution in [2.24, 2.45) is 31.3 Å². The van der Waals surface area contributed by atoms with E-state index >= 15 is 0 Å². The molecule has 6 aromatic rings. The van der Waals surface area contributed by atoms with Gasteiger partial charge in [0.15, 0.2) is 0 Å². The van der Waals surface area contributed by atoms with Crippen LogP contribution in [0.4, 0.5) is 22.7 Å². The fourth-order valence-electron chi connectivity index (χ4n) is 5.02. The minimum atomic E-state index is -0.283. The number of azo groups is 2. The van der Waals surface area contributed by atoms with Crippen molar-refractivity contribution in [3.63, 3.8) is 0 Å². The molecule has 6 heteroatoms. The van der Waals surface area contributed by atoms with Crippen LogP contribution in [-0.4, -0.2) is 13.2 Å². The number of hydrogen-bond acceptors (Lipinski definition) is 6. The van der Waals surface area contributed by atoms with Gasteiger partial charge in [0.25, 0.3) is 0 Å². The molecular formula is C40H38N4O2. The van der Waals surface area contributed by atoms with Crippen molar-refractivity contribution in [1.82, 2.24) is 0 Å². The van der Waals surface area contributed by atoms with E-state index in [1.165, 1.54) is 0 Å². The Bertz CT molecular complexity index is 1850. The third-order valence-corrected chi connectivity index (χ3v) is 8.78. The van der Waals surface area contributed by atoms with Crippen molar-refractivity contribution < 1.29 is 9.47 Å². The minimum Gasteiger partial charge on any atom is -0.491 e. The van der Waals surface area contributed by atoms with Crippen molar-refractivity contribution in [3.05, 3.63) is 133 Å². The molecule has 0 spiro atoms. The topological polar surface area (TPSA) is 67.9 Å². The molecule has 46 heavy (non-hydrogen) atoms. The third-order valence-electron chi connectivity index (χ3n) is 8.78. The number of fused-ring (bicyclic) bond motifs is 2. The molecule has 0 saturated carbocycles. The van der Waals surface area contributed by atoms with E-state index < -0.39 is 0 Å². The first kappa shape index (κ1) is 30.7. The number of rotatable bonds is 11. The lowest BCUT2D eigenvalue weighted by molar-refractivity contribution is 0.0107. The zero-order valence-electron chi connectivity index (χ0n) is 26.7. The minimum absolute atomic E-state index is 0.283. The van der Waals surface area contributed by atoms with Crippen molar-refractivity contribution >= 4 is 44.3 Å². The van der Waals surface area contributed by atoms with Gasteiger partial charge in [-0.25, -0.2) is 0 Å². The van der Waals surface area contributed by atoms with Crippen molar-refractivity contribution in [2.45, 2.75) is 27.7 Å². The number of ether oxygens (including phenoxy) is 2. The monoisotopic (exact) mass is 606 g/mol. The summed E-state index contributed by atoms with van der Waals surface area (Å²) < 4.78 is 13.1. The third kappa shape index (κ3) is 6.81. The molecule has 6 rings (SSSR count). The summed E-state index contributed by atoms with van der Waals surface area (Å²) in [6.45, 7) is 9.73. The van der Waals surface area contributed by atoms with Crippen molar-refractivity contribution in [3.8, 4) is 11.5 Å². The van der Waals surface area contributed by atoms with E-state index in [1.54, 1.807) is 0 Å². The first-order chi connectivity index (χ1) is 22.3. The van der Waals surface area contributed by atoms with Gasteiger partial charge in [0.05, 0.1) is 24.6 Å². The van der Waals surface area contributed by atoms with Crippen LogP contribution in [0.15, 0.2) is 154 Å². The van der Waals surface area contributed by atoms with Crippen molar-refractivity contribution in [1.29, 1.82) is 0 Å². The molecule has 0 aliphatic rings. The fraction of sp³-hybridized carbons (Fsp3) is 0.200. The fourth-order valence-corrected chi connectivity index (χ4v) is 5.02. The van der Waals surface area contributed by atoms with Crippen LogP contribution in [0, 0.1) is 10.8 Å². The van der Waals surface area contributed by atoms with E-state index in [1.807, 2.05) is 97.1 Å². The van der Waals surface area contributed by atoms with E-state index in [-0.39, 0.29) is 10.8 Å². The van der Waals surface area contributed by atoms with Gasteiger partial charge in [0.2, 0.25) is 0 Å². The van der Waals surface area contributed by atoms with Crippen LogP contribution in [-0.2, 0) is 0 Å².